The summed E-state index contributed by atoms with van der Waals surface area (Å²) in [5.74, 6) is 2.08. The van der Waals surface area contributed by atoms with Crippen LogP contribution >= 0.6 is 31.9 Å². The molecular weight excluding hydrogens is 1720 g/mol. The predicted molar refractivity (Wildman–Crippen MR) is 545 cm³/mol. The lowest BCUT2D eigenvalue weighted by atomic mass is 9.79. The Labute approximate surface area is 777 Å². The van der Waals surface area contributed by atoms with Crippen molar-refractivity contribution in [3.05, 3.63) is 425 Å². The van der Waals surface area contributed by atoms with Gasteiger partial charge in [-0.3, -0.25) is 0 Å². The van der Waals surface area contributed by atoms with E-state index < -0.39 is 7.12 Å². The Kier molecular flexibility index (Phi) is 21.2. The zero-order valence-electron chi connectivity index (χ0n) is 74.2. The van der Waals surface area contributed by atoms with Crippen molar-refractivity contribution in [1.82, 2.24) is 29.9 Å². The van der Waals surface area contributed by atoms with Crippen LogP contribution in [-0.2, 0) is 25.6 Å². The van der Waals surface area contributed by atoms with Crippen LogP contribution in [0.3, 0.4) is 0 Å². The number of nitrogens with zero attached hydrogens (tertiary/aromatic N) is 6. The van der Waals surface area contributed by atoms with Gasteiger partial charge >= 0.3 is 7.12 Å². The SMILES string of the molecule is Brc1cccc2c(Br)cccc12.CC1(C)c2ccccc2-c2ccc(-c3cc(-c4ccccc4)nc(-c4ccc(-c5cccc6c(-c7ccc(-c8nc(-c9ccccc9)cc(-c9ccc%10c(c9)C(C)(C)c9ccccc9-%10)n8)cc7)cccc56)cc4)n3)cc21.CC1(C)c2ccccc2-c2ccc(-c3cc(-c4ccccc4)nc(-c4ccc(B5OC(C)(C)C(C)(C)O5)cc4)n3)cc21. The third kappa shape index (κ3) is 15.1. The molecule has 16 aromatic carbocycles. The molecule has 0 bridgehead atoms. The molecule has 4 heterocycles. The second kappa shape index (κ2) is 33.1. The smallest absolute Gasteiger partial charge is 0.399 e. The molecule has 1 saturated heterocycles. The zero-order valence-corrected chi connectivity index (χ0v) is 77.4. The van der Waals surface area contributed by atoms with E-state index in [-0.39, 0.29) is 27.4 Å². The first-order valence-electron chi connectivity index (χ1n) is 44.6. The van der Waals surface area contributed by atoms with Crippen molar-refractivity contribution in [3.8, 4) is 157 Å². The highest BCUT2D eigenvalue weighted by Gasteiger charge is 2.52. The van der Waals surface area contributed by atoms with E-state index in [0.29, 0.717) is 17.5 Å². The molecule has 0 unspecified atom stereocenters. The fourth-order valence-corrected chi connectivity index (χ4v) is 20.4. The molecule has 11 heteroatoms. The summed E-state index contributed by atoms with van der Waals surface area (Å²) >= 11 is 7.02. The average molecular weight is 1810 g/mol. The van der Waals surface area contributed by atoms with E-state index in [1.165, 1.54) is 99.4 Å². The lowest BCUT2D eigenvalue weighted by molar-refractivity contribution is 0.00578. The molecule has 4 aliphatic rings. The summed E-state index contributed by atoms with van der Waals surface area (Å²) < 4.78 is 14.8. The molecule has 0 radical (unpaired) electrons. The second-order valence-electron chi connectivity index (χ2n) is 36.9. The van der Waals surface area contributed by atoms with Crippen molar-refractivity contribution >= 4 is 66.0 Å². The second-order valence-corrected chi connectivity index (χ2v) is 38.6. The van der Waals surface area contributed by atoms with E-state index >= 15 is 0 Å². The fourth-order valence-electron chi connectivity index (χ4n) is 19.4. The van der Waals surface area contributed by atoms with Gasteiger partial charge in [-0.1, -0.05) is 407 Å². The molecule has 23 rings (SSSR count). The van der Waals surface area contributed by atoms with Crippen LogP contribution in [0.2, 0.25) is 0 Å². The molecule has 19 aromatic rings. The summed E-state index contributed by atoms with van der Waals surface area (Å²) in [6.07, 6.45) is 0. The highest BCUT2D eigenvalue weighted by molar-refractivity contribution is 9.11. The van der Waals surface area contributed by atoms with Gasteiger partial charge in [-0.15, -0.1) is 0 Å². The Balaban J connectivity index is 0.000000157. The largest absolute Gasteiger partial charge is 0.494 e. The van der Waals surface area contributed by atoms with Crippen molar-refractivity contribution in [3.63, 3.8) is 0 Å². The molecule has 130 heavy (non-hydrogen) atoms. The summed E-state index contributed by atoms with van der Waals surface area (Å²) in [6, 6.07) is 136. The first-order valence-corrected chi connectivity index (χ1v) is 46.2. The standard InChI is InChI=1S/C72H52N4.C37H35BN2O2.C10H6Br2/c1-71(2)61-27-13-11-21-57(61)59-39-37-51(41-63(59)71)67-43-65(47-17-7-5-8-18-47)73-69(75-67)49-33-29-45(30-34-49)53-23-15-26-56-54(24-16-25-55(53)56)46-31-35-50(36-32-46)70-74-66(48-19-9-6-10-20-48)44-68(76-70)52-38-40-60-58-22-12-14-28-62(58)72(3,4)64(60)42-52;1-35(2)30-15-11-10-14-28(30)29-21-18-26(22-31(29)35)33-23-32(24-12-8-7-9-13-24)39-34(40-33)25-16-19-27(20-17-25)38-41-36(3,4)37(5,6)42-38;11-9-5-1-3-7-8(9)4-2-6-10(7)12/h5-44H,1-4H3;7-23H,1-6H3;1-6H. The molecule has 1 fully saturated rings. The Morgan fingerprint density at radius 3 is 0.769 bits per heavy atom. The van der Waals surface area contributed by atoms with Gasteiger partial charge in [0.15, 0.2) is 17.5 Å². The molecule has 0 saturated carbocycles. The van der Waals surface area contributed by atoms with Gasteiger partial charge in [-0.05, 0) is 192 Å². The van der Waals surface area contributed by atoms with Crippen molar-refractivity contribution in [2.75, 3.05) is 0 Å². The van der Waals surface area contributed by atoms with E-state index in [9.17, 15) is 0 Å². The minimum atomic E-state index is -0.407. The van der Waals surface area contributed by atoms with Crippen molar-refractivity contribution in [2.24, 2.45) is 0 Å². The van der Waals surface area contributed by atoms with Gasteiger partial charge in [0.05, 0.1) is 45.4 Å². The Morgan fingerprint density at radius 1 is 0.200 bits per heavy atom. The van der Waals surface area contributed by atoms with Crippen LogP contribution in [0.1, 0.15) is 103 Å². The lowest BCUT2D eigenvalue weighted by Crippen LogP contribution is -2.41. The van der Waals surface area contributed by atoms with Crippen LogP contribution in [0, 0.1) is 0 Å². The Morgan fingerprint density at radius 2 is 0.446 bits per heavy atom. The fraction of sp³-hybridized carbons (Fsp3) is 0.126. The van der Waals surface area contributed by atoms with Crippen LogP contribution in [0.25, 0.3) is 179 Å². The van der Waals surface area contributed by atoms with E-state index in [2.05, 4.69) is 441 Å². The minimum Gasteiger partial charge on any atom is -0.399 e. The van der Waals surface area contributed by atoms with Gasteiger partial charge in [-0.2, -0.15) is 0 Å². The van der Waals surface area contributed by atoms with Gasteiger partial charge in [0.1, 0.15) is 0 Å². The first kappa shape index (κ1) is 83.2. The van der Waals surface area contributed by atoms with E-state index in [0.717, 1.165) is 110 Å². The number of hydrogen-bond acceptors (Lipinski definition) is 8. The van der Waals surface area contributed by atoms with Gasteiger partial charge < -0.3 is 9.31 Å². The van der Waals surface area contributed by atoms with Gasteiger partial charge in [0.25, 0.3) is 0 Å². The van der Waals surface area contributed by atoms with Crippen LogP contribution in [0.5, 0.6) is 0 Å². The van der Waals surface area contributed by atoms with Crippen LogP contribution in [0.15, 0.2) is 391 Å². The normalized spacial score (nSPS) is 14.5. The third-order valence-corrected chi connectivity index (χ3v) is 28.7. The molecule has 0 N–H and O–H groups in total. The molecule has 1 aliphatic heterocycles. The van der Waals surface area contributed by atoms with Gasteiger partial charge in [-0.25, -0.2) is 29.9 Å². The maximum Gasteiger partial charge on any atom is 0.494 e. The zero-order chi connectivity index (χ0) is 89.0. The Bertz CT molecular complexity index is 7310. The Hall–Kier alpha value is -13.8. The van der Waals surface area contributed by atoms with E-state index in [1.807, 2.05) is 42.5 Å². The lowest BCUT2D eigenvalue weighted by Gasteiger charge is -2.32. The highest BCUT2D eigenvalue weighted by atomic mass is 79.9. The molecular formula is C119H93BBr2N6O2. The third-order valence-electron chi connectivity index (χ3n) is 27.4. The highest BCUT2D eigenvalue weighted by Crippen LogP contribution is 2.54. The molecule has 3 aliphatic carbocycles. The van der Waals surface area contributed by atoms with Crippen LogP contribution < -0.4 is 5.46 Å². The molecule has 3 aromatic heterocycles. The summed E-state index contributed by atoms with van der Waals surface area (Å²) in [5, 5.41) is 4.86. The van der Waals surface area contributed by atoms with Crippen LogP contribution in [-0.4, -0.2) is 48.2 Å². The van der Waals surface area contributed by atoms with E-state index in [4.69, 9.17) is 39.2 Å². The number of rotatable bonds is 12. The minimum absolute atomic E-state index is 0.0800. The maximum absolute atomic E-state index is 6.27. The van der Waals surface area contributed by atoms with Crippen molar-refractivity contribution in [1.29, 1.82) is 0 Å². The quantitative estimate of drug-likeness (QED) is 0.112. The molecule has 0 amide bonds. The summed E-state index contributed by atoms with van der Waals surface area (Å²) in [4.78, 5) is 31.1. The van der Waals surface area contributed by atoms with Gasteiger partial charge in [0, 0.05) is 75.3 Å². The number of fused-ring (bicyclic) bond motifs is 11. The summed E-state index contributed by atoms with van der Waals surface area (Å²) in [6.45, 7) is 22.2. The average Bonchev–Trinajstić information content (AvgIpc) is 1.41. The molecule has 0 atom stereocenters. The number of benzene rings is 16. The maximum atomic E-state index is 6.27. The van der Waals surface area contributed by atoms with Crippen LogP contribution in [0.4, 0.5) is 0 Å². The topological polar surface area (TPSA) is 95.8 Å². The summed E-state index contributed by atoms with van der Waals surface area (Å²) in [5.41, 5.74) is 35.1. The number of aromatic nitrogens is 6. The summed E-state index contributed by atoms with van der Waals surface area (Å²) in [7, 11) is -0.407. The van der Waals surface area contributed by atoms with Crippen molar-refractivity contribution in [2.45, 2.75) is 96.7 Å². The monoisotopic (exact) mass is 1810 g/mol. The predicted octanol–water partition coefficient (Wildman–Crippen LogP) is 30.8. The van der Waals surface area contributed by atoms with E-state index in [1.54, 1.807) is 0 Å². The molecule has 628 valence electrons. The van der Waals surface area contributed by atoms with Gasteiger partial charge in [0.2, 0.25) is 0 Å². The van der Waals surface area contributed by atoms with Crippen molar-refractivity contribution < 1.29 is 9.31 Å². The molecule has 8 nitrogen and oxygen atoms in total. The molecule has 0 spiro atoms. The number of hydrogen-bond donors (Lipinski definition) is 0. The number of halogens is 2. The first-order chi connectivity index (χ1) is 63.0.